The van der Waals surface area contributed by atoms with E-state index >= 15 is 0 Å². The van der Waals surface area contributed by atoms with Crippen LogP contribution in [0.5, 0.6) is 0 Å². The zero-order valence-electron chi connectivity index (χ0n) is 26.3. The Hall–Kier alpha value is -3.84. The molecule has 2 aliphatic rings. The Morgan fingerprint density at radius 3 is 2.09 bits per heavy atom. The number of rotatable bonds is 11. The Bertz CT molecular complexity index is 1300. The van der Waals surface area contributed by atoms with Crippen molar-refractivity contribution in [3.63, 3.8) is 0 Å². The molecule has 2 unspecified atom stereocenters. The summed E-state index contributed by atoms with van der Waals surface area (Å²) in [5.41, 5.74) is 3.46. The predicted octanol–water partition coefficient (Wildman–Crippen LogP) is 6.90. The van der Waals surface area contributed by atoms with Crippen LogP contribution in [0.25, 0.3) is 0 Å². The van der Waals surface area contributed by atoms with E-state index in [0.29, 0.717) is 18.4 Å². The summed E-state index contributed by atoms with van der Waals surface area (Å²) in [6, 6.07) is 31.2. The fourth-order valence-electron chi connectivity index (χ4n) is 7.00. The minimum Gasteiger partial charge on any atom is -0.445 e. The molecule has 0 bridgehead atoms. The number of amides is 3. The van der Waals surface area contributed by atoms with Crippen molar-refractivity contribution in [3.8, 4) is 0 Å². The summed E-state index contributed by atoms with van der Waals surface area (Å²) < 4.78 is 5.68. The maximum absolute atomic E-state index is 13.2. The standard InChI is InChI=1S/C37H48N4O3/c1-3-21-41(36(42)38-26-29-13-7-4-8-14-29)33-19-22-40(23-20-33)27-32-24-34(25-35(32)31-17-11-6-12-18-31)39(2)37(43)44-28-30-15-9-5-10-16-30/h4-18,32-35H,3,19-28H2,1-2H3,(H,38,42)/t32-,34?,35?/m1/s1. The van der Waals surface area contributed by atoms with Crippen LogP contribution in [0.3, 0.4) is 0 Å². The second-order valence-corrected chi connectivity index (χ2v) is 12.4. The second-order valence-electron chi connectivity index (χ2n) is 12.4. The number of likely N-dealkylation sites (tertiary alicyclic amines) is 1. The molecule has 5 rings (SSSR count). The minimum atomic E-state index is -0.256. The third-order valence-corrected chi connectivity index (χ3v) is 9.44. The molecule has 1 saturated heterocycles. The number of urea groups is 1. The van der Waals surface area contributed by atoms with Gasteiger partial charge in [-0.25, -0.2) is 9.59 Å². The molecular weight excluding hydrogens is 548 g/mol. The summed E-state index contributed by atoms with van der Waals surface area (Å²) in [5.74, 6) is 0.841. The summed E-state index contributed by atoms with van der Waals surface area (Å²) in [6.45, 7) is 6.72. The average molecular weight is 597 g/mol. The van der Waals surface area contributed by atoms with E-state index in [1.807, 2.05) is 72.6 Å². The van der Waals surface area contributed by atoms with Gasteiger partial charge in [-0.05, 0) is 60.6 Å². The lowest BCUT2D eigenvalue weighted by atomic mass is 9.88. The molecule has 1 heterocycles. The fourth-order valence-corrected chi connectivity index (χ4v) is 7.00. The highest BCUT2D eigenvalue weighted by Crippen LogP contribution is 2.42. The lowest BCUT2D eigenvalue weighted by Gasteiger charge is -2.39. The summed E-state index contributed by atoms with van der Waals surface area (Å²) in [7, 11) is 1.89. The van der Waals surface area contributed by atoms with E-state index in [1.165, 1.54) is 5.56 Å². The first-order valence-corrected chi connectivity index (χ1v) is 16.3. The molecule has 0 spiro atoms. The molecule has 1 N–H and O–H groups in total. The van der Waals surface area contributed by atoms with Crippen LogP contribution in [-0.2, 0) is 17.9 Å². The Labute approximate surface area is 263 Å². The quantitative estimate of drug-likeness (QED) is 0.262. The number of nitrogens with one attached hydrogen (secondary N) is 1. The number of nitrogens with zero attached hydrogens (tertiary/aromatic N) is 3. The molecule has 0 radical (unpaired) electrons. The summed E-state index contributed by atoms with van der Waals surface area (Å²) in [6.07, 6.45) is 4.55. The summed E-state index contributed by atoms with van der Waals surface area (Å²) >= 11 is 0. The maximum atomic E-state index is 13.2. The highest BCUT2D eigenvalue weighted by molar-refractivity contribution is 5.74. The molecule has 1 aliphatic carbocycles. The molecule has 3 aromatic carbocycles. The van der Waals surface area contributed by atoms with E-state index in [1.54, 1.807) is 0 Å². The number of hydrogen-bond acceptors (Lipinski definition) is 4. The molecule has 44 heavy (non-hydrogen) atoms. The van der Waals surface area contributed by atoms with Gasteiger partial charge in [0.05, 0.1) is 0 Å². The number of carbonyl (C=O) groups excluding carboxylic acids is 2. The average Bonchev–Trinajstić information content (AvgIpc) is 3.50. The van der Waals surface area contributed by atoms with Gasteiger partial charge in [-0.15, -0.1) is 0 Å². The van der Waals surface area contributed by atoms with Crippen molar-refractivity contribution in [2.75, 3.05) is 33.2 Å². The number of hydrogen-bond donors (Lipinski definition) is 1. The van der Waals surface area contributed by atoms with Gasteiger partial charge >= 0.3 is 12.1 Å². The van der Waals surface area contributed by atoms with E-state index in [0.717, 1.165) is 69.4 Å². The molecule has 7 heteroatoms. The first kappa shape index (κ1) is 31.6. The lowest BCUT2D eigenvalue weighted by Crippen LogP contribution is -2.51. The number of carbonyl (C=O) groups is 2. The smallest absolute Gasteiger partial charge is 0.410 e. The molecule has 0 aromatic heterocycles. The molecule has 1 saturated carbocycles. The van der Waals surface area contributed by atoms with Crippen LogP contribution in [0.2, 0.25) is 0 Å². The van der Waals surface area contributed by atoms with Crippen molar-refractivity contribution in [1.82, 2.24) is 20.0 Å². The van der Waals surface area contributed by atoms with Crippen LogP contribution in [0.15, 0.2) is 91.0 Å². The molecule has 2 fully saturated rings. The monoisotopic (exact) mass is 596 g/mol. The van der Waals surface area contributed by atoms with E-state index in [2.05, 4.69) is 52.4 Å². The van der Waals surface area contributed by atoms with Gasteiger partial charge < -0.3 is 24.8 Å². The van der Waals surface area contributed by atoms with E-state index in [-0.39, 0.29) is 30.8 Å². The Kier molecular flexibility index (Phi) is 11.3. The van der Waals surface area contributed by atoms with Gasteiger partial charge in [-0.3, -0.25) is 0 Å². The van der Waals surface area contributed by atoms with Crippen LogP contribution in [0, 0.1) is 5.92 Å². The number of ether oxygens (including phenoxy) is 1. The van der Waals surface area contributed by atoms with Crippen molar-refractivity contribution < 1.29 is 14.3 Å². The second kappa shape index (κ2) is 15.8. The van der Waals surface area contributed by atoms with Crippen LogP contribution in [0.1, 0.15) is 61.6 Å². The first-order chi connectivity index (χ1) is 21.5. The maximum Gasteiger partial charge on any atom is 0.410 e. The van der Waals surface area contributed by atoms with E-state index in [4.69, 9.17) is 4.74 Å². The molecule has 7 nitrogen and oxygen atoms in total. The number of benzene rings is 3. The highest BCUT2D eigenvalue weighted by atomic mass is 16.6. The van der Waals surface area contributed by atoms with Crippen molar-refractivity contribution in [1.29, 1.82) is 0 Å². The highest BCUT2D eigenvalue weighted by Gasteiger charge is 2.40. The predicted molar refractivity (Wildman–Crippen MR) is 175 cm³/mol. The van der Waals surface area contributed by atoms with Crippen LogP contribution < -0.4 is 5.32 Å². The third kappa shape index (κ3) is 8.41. The van der Waals surface area contributed by atoms with Gasteiger partial charge in [0.25, 0.3) is 0 Å². The third-order valence-electron chi connectivity index (χ3n) is 9.44. The zero-order chi connectivity index (χ0) is 30.7. The van der Waals surface area contributed by atoms with Gasteiger partial charge in [0.1, 0.15) is 6.61 Å². The largest absolute Gasteiger partial charge is 0.445 e. The number of piperidine rings is 1. The first-order valence-electron chi connectivity index (χ1n) is 16.3. The molecule has 3 amide bonds. The lowest BCUT2D eigenvalue weighted by molar-refractivity contribution is 0.0891. The van der Waals surface area contributed by atoms with Crippen molar-refractivity contribution in [2.24, 2.45) is 5.92 Å². The van der Waals surface area contributed by atoms with Crippen molar-refractivity contribution in [2.45, 2.75) is 70.2 Å². The Balaban J connectivity index is 1.16. The van der Waals surface area contributed by atoms with E-state index < -0.39 is 0 Å². The minimum absolute atomic E-state index is 0.0408. The van der Waals surface area contributed by atoms with Gasteiger partial charge in [0, 0.05) is 51.9 Å². The van der Waals surface area contributed by atoms with Gasteiger partial charge in [0.15, 0.2) is 0 Å². The normalized spacial score (nSPS) is 20.6. The topological polar surface area (TPSA) is 65.1 Å². The van der Waals surface area contributed by atoms with Crippen LogP contribution in [0.4, 0.5) is 9.59 Å². The summed E-state index contributed by atoms with van der Waals surface area (Å²) in [5, 5.41) is 3.15. The van der Waals surface area contributed by atoms with Gasteiger partial charge in [0.2, 0.25) is 0 Å². The zero-order valence-corrected chi connectivity index (χ0v) is 26.3. The Morgan fingerprint density at radius 1 is 0.841 bits per heavy atom. The van der Waals surface area contributed by atoms with Gasteiger partial charge in [-0.2, -0.15) is 0 Å². The van der Waals surface area contributed by atoms with Crippen LogP contribution >= 0.6 is 0 Å². The molecule has 3 aromatic rings. The van der Waals surface area contributed by atoms with Crippen molar-refractivity contribution >= 4 is 12.1 Å². The van der Waals surface area contributed by atoms with E-state index in [9.17, 15) is 9.59 Å². The SMILES string of the molecule is CCCN(C(=O)NCc1ccccc1)C1CCN(C[C@H]2CC(N(C)C(=O)OCc3ccccc3)CC2c2ccccc2)CC1. The van der Waals surface area contributed by atoms with Gasteiger partial charge in [-0.1, -0.05) is 97.9 Å². The molecule has 234 valence electrons. The molecule has 1 aliphatic heterocycles. The fraction of sp³-hybridized carbons (Fsp3) is 0.459. The van der Waals surface area contributed by atoms with Crippen LogP contribution in [-0.4, -0.2) is 72.1 Å². The molecule has 3 atom stereocenters. The summed E-state index contributed by atoms with van der Waals surface area (Å²) in [4.78, 5) is 32.7. The Morgan fingerprint density at radius 2 is 1.45 bits per heavy atom. The van der Waals surface area contributed by atoms with Crippen molar-refractivity contribution in [3.05, 3.63) is 108 Å². The molecular formula is C37H48N4O3.